The average Bonchev–Trinajstić information content (AvgIpc) is 3.30. The van der Waals surface area contributed by atoms with Crippen LogP contribution in [0.25, 0.3) is 6.08 Å². The summed E-state index contributed by atoms with van der Waals surface area (Å²) in [5.74, 6) is 0.0645. The molecule has 0 saturated heterocycles. The van der Waals surface area contributed by atoms with Crippen LogP contribution in [0.2, 0.25) is 0 Å². The van der Waals surface area contributed by atoms with Crippen LogP contribution in [0.5, 0.6) is 0 Å². The van der Waals surface area contributed by atoms with E-state index in [-0.39, 0.29) is 11.9 Å². The zero-order valence-electron chi connectivity index (χ0n) is 13.9. The van der Waals surface area contributed by atoms with Crippen molar-refractivity contribution in [3.63, 3.8) is 0 Å². The monoisotopic (exact) mass is 348 g/mol. The van der Waals surface area contributed by atoms with E-state index >= 15 is 0 Å². The summed E-state index contributed by atoms with van der Waals surface area (Å²) in [6, 6.07) is 16.3. The lowest BCUT2D eigenvalue weighted by Gasteiger charge is -2.29. The molecule has 4 rings (SSSR count). The van der Waals surface area contributed by atoms with Gasteiger partial charge in [0.25, 0.3) is 0 Å². The van der Waals surface area contributed by atoms with E-state index < -0.39 is 0 Å². The third kappa shape index (κ3) is 3.30. The Bertz CT molecular complexity index is 864. The zero-order valence-corrected chi connectivity index (χ0v) is 14.7. The van der Waals surface area contributed by atoms with E-state index in [4.69, 9.17) is 0 Å². The van der Waals surface area contributed by atoms with Gasteiger partial charge in [-0.2, -0.15) is 11.3 Å². The second kappa shape index (κ2) is 7.11. The minimum absolute atomic E-state index is 0.0170. The molecule has 0 fully saturated rings. The minimum Gasteiger partial charge on any atom is -0.349 e. The number of carbonyl (C=O) groups excluding carboxylic acids is 1. The van der Waals surface area contributed by atoms with E-state index in [2.05, 4.69) is 39.7 Å². The molecule has 1 aliphatic heterocycles. The van der Waals surface area contributed by atoms with Crippen LogP contribution in [0.4, 0.5) is 0 Å². The molecule has 4 heteroatoms. The Balaban J connectivity index is 1.67. The number of thiophene rings is 1. The number of nitrogens with zero attached hydrogens (tertiary/aromatic N) is 2. The van der Waals surface area contributed by atoms with E-state index in [9.17, 15) is 4.79 Å². The zero-order chi connectivity index (χ0) is 17.1. The SMILES string of the molecule is O=C(/C=C/c1ccccc1)N1CCCn2cccc2C1c1ccsc1. The van der Waals surface area contributed by atoms with Gasteiger partial charge in [-0.1, -0.05) is 30.3 Å². The third-order valence-electron chi connectivity index (χ3n) is 4.61. The number of benzene rings is 1. The molecule has 1 aliphatic rings. The Morgan fingerprint density at radius 1 is 1.08 bits per heavy atom. The fraction of sp³-hybridized carbons (Fsp3) is 0.190. The van der Waals surface area contributed by atoms with E-state index in [1.165, 1.54) is 11.3 Å². The first-order valence-corrected chi connectivity index (χ1v) is 9.48. The summed E-state index contributed by atoms with van der Waals surface area (Å²) in [5.41, 5.74) is 3.42. The first-order chi connectivity index (χ1) is 12.3. The molecule has 1 aromatic carbocycles. The molecule has 0 radical (unpaired) electrons. The predicted octanol–water partition coefficient (Wildman–Crippen LogP) is 4.58. The van der Waals surface area contributed by atoms with Gasteiger partial charge in [0.2, 0.25) is 5.91 Å². The largest absolute Gasteiger partial charge is 0.349 e. The van der Waals surface area contributed by atoms with Gasteiger partial charge in [0, 0.05) is 31.1 Å². The Labute approximate surface area is 151 Å². The third-order valence-corrected chi connectivity index (χ3v) is 5.32. The van der Waals surface area contributed by atoms with Crippen LogP contribution in [-0.2, 0) is 11.3 Å². The molecule has 126 valence electrons. The molecule has 3 heterocycles. The molecule has 0 spiro atoms. The smallest absolute Gasteiger partial charge is 0.247 e. The van der Waals surface area contributed by atoms with Gasteiger partial charge >= 0.3 is 0 Å². The lowest BCUT2D eigenvalue weighted by Crippen LogP contribution is -2.34. The van der Waals surface area contributed by atoms with Crippen molar-refractivity contribution in [1.29, 1.82) is 0 Å². The summed E-state index contributed by atoms with van der Waals surface area (Å²) >= 11 is 1.68. The first-order valence-electron chi connectivity index (χ1n) is 8.54. The minimum atomic E-state index is -0.0170. The van der Waals surface area contributed by atoms with Crippen molar-refractivity contribution in [1.82, 2.24) is 9.47 Å². The van der Waals surface area contributed by atoms with Crippen molar-refractivity contribution >= 4 is 23.3 Å². The molecule has 3 aromatic rings. The van der Waals surface area contributed by atoms with Crippen LogP contribution < -0.4 is 0 Å². The van der Waals surface area contributed by atoms with Crippen LogP contribution >= 0.6 is 11.3 Å². The summed E-state index contributed by atoms with van der Waals surface area (Å²) in [4.78, 5) is 15.0. The normalized spacial score (nSPS) is 17.4. The molecule has 0 aliphatic carbocycles. The number of rotatable bonds is 3. The molecule has 3 nitrogen and oxygen atoms in total. The molecule has 25 heavy (non-hydrogen) atoms. The summed E-state index contributed by atoms with van der Waals surface area (Å²) in [7, 11) is 0. The molecule has 1 atom stereocenters. The van der Waals surface area contributed by atoms with Gasteiger partial charge in [-0.15, -0.1) is 0 Å². The average molecular weight is 348 g/mol. The lowest BCUT2D eigenvalue weighted by molar-refractivity contribution is -0.127. The Kier molecular flexibility index (Phi) is 4.53. The van der Waals surface area contributed by atoms with Crippen LogP contribution in [0.1, 0.15) is 29.3 Å². The molecular formula is C21H20N2OS. The molecule has 0 N–H and O–H groups in total. The second-order valence-corrected chi connectivity index (χ2v) is 6.99. The highest BCUT2D eigenvalue weighted by Gasteiger charge is 2.29. The fourth-order valence-electron chi connectivity index (χ4n) is 3.43. The quantitative estimate of drug-likeness (QED) is 0.636. The maximum absolute atomic E-state index is 13.0. The van der Waals surface area contributed by atoms with Gasteiger partial charge in [0.1, 0.15) is 0 Å². The van der Waals surface area contributed by atoms with Gasteiger partial charge in [0.15, 0.2) is 0 Å². The van der Waals surface area contributed by atoms with Gasteiger partial charge < -0.3 is 9.47 Å². The summed E-state index contributed by atoms with van der Waals surface area (Å²) in [5, 5.41) is 4.23. The van der Waals surface area contributed by atoms with Gasteiger partial charge in [-0.25, -0.2) is 0 Å². The topological polar surface area (TPSA) is 25.2 Å². The second-order valence-electron chi connectivity index (χ2n) is 6.21. The molecule has 1 unspecified atom stereocenters. The molecule has 2 aromatic heterocycles. The van der Waals surface area contributed by atoms with Crippen molar-refractivity contribution in [2.45, 2.75) is 19.0 Å². The number of aryl methyl sites for hydroxylation is 1. The van der Waals surface area contributed by atoms with Crippen molar-refractivity contribution in [3.8, 4) is 0 Å². The van der Waals surface area contributed by atoms with E-state index in [0.29, 0.717) is 0 Å². The highest BCUT2D eigenvalue weighted by atomic mass is 32.1. The number of amides is 1. The highest BCUT2D eigenvalue weighted by Crippen LogP contribution is 2.33. The highest BCUT2D eigenvalue weighted by molar-refractivity contribution is 7.08. The first kappa shape index (κ1) is 15.9. The van der Waals surface area contributed by atoms with Crippen molar-refractivity contribution in [2.75, 3.05) is 6.54 Å². The summed E-state index contributed by atoms with van der Waals surface area (Å²) in [6.45, 7) is 1.72. The van der Waals surface area contributed by atoms with E-state index in [1.54, 1.807) is 17.4 Å². The summed E-state index contributed by atoms with van der Waals surface area (Å²) in [6.07, 6.45) is 6.68. The number of hydrogen-bond acceptors (Lipinski definition) is 2. The predicted molar refractivity (Wildman–Crippen MR) is 102 cm³/mol. The Hall–Kier alpha value is -2.59. The lowest BCUT2D eigenvalue weighted by atomic mass is 10.1. The summed E-state index contributed by atoms with van der Waals surface area (Å²) < 4.78 is 2.27. The maximum atomic E-state index is 13.0. The van der Waals surface area contributed by atoms with Crippen LogP contribution in [-0.4, -0.2) is 21.9 Å². The van der Waals surface area contributed by atoms with Gasteiger partial charge in [0.05, 0.1) is 6.04 Å². The van der Waals surface area contributed by atoms with E-state index in [0.717, 1.165) is 25.1 Å². The van der Waals surface area contributed by atoms with Gasteiger partial charge in [-0.05, 0) is 52.6 Å². The number of hydrogen-bond donors (Lipinski definition) is 0. The molecule has 0 bridgehead atoms. The number of fused-ring (bicyclic) bond motifs is 1. The molecular weight excluding hydrogens is 328 g/mol. The van der Waals surface area contributed by atoms with Crippen LogP contribution in [0.3, 0.4) is 0 Å². The van der Waals surface area contributed by atoms with Crippen molar-refractivity contribution in [3.05, 3.63) is 88.4 Å². The molecule has 0 saturated carbocycles. The fourth-order valence-corrected chi connectivity index (χ4v) is 4.10. The van der Waals surface area contributed by atoms with Crippen LogP contribution in [0.15, 0.2) is 71.6 Å². The number of carbonyl (C=O) groups is 1. The maximum Gasteiger partial charge on any atom is 0.247 e. The Morgan fingerprint density at radius 3 is 2.76 bits per heavy atom. The van der Waals surface area contributed by atoms with E-state index in [1.807, 2.05) is 41.3 Å². The van der Waals surface area contributed by atoms with Crippen LogP contribution in [0, 0.1) is 0 Å². The van der Waals surface area contributed by atoms with Crippen molar-refractivity contribution in [2.24, 2.45) is 0 Å². The van der Waals surface area contributed by atoms with Crippen molar-refractivity contribution < 1.29 is 4.79 Å². The van der Waals surface area contributed by atoms with Gasteiger partial charge in [-0.3, -0.25) is 4.79 Å². The Morgan fingerprint density at radius 2 is 1.96 bits per heavy atom. The standard InChI is InChI=1S/C21H20N2OS/c24-20(10-9-17-6-2-1-3-7-17)23-14-5-13-22-12-4-8-19(22)21(23)18-11-15-25-16-18/h1-4,6-12,15-16,21H,5,13-14H2/b10-9+. The molecule has 1 amide bonds. The number of aromatic nitrogens is 1.